The number of benzene rings is 1. The highest BCUT2D eigenvalue weighted by atomic mass is 16.5. The maximum atomic E-state index is 11.9. The fourth-order valence-corrected chi connectivity index (χ4v) is 2.40. The van der Waals surface area contributed by atoms with Crippen LogP contribution in [0.4, 0.5) is 0 Å². The summed E-state index contributed by atoms with van der Waals surface area (Å²) in [6.07, 6.45) is 3.65. The first-order valence-electron chi connectivity index (χ1n) is 7.36. The third-order valence-corrected chi connectivity index (χ3v) is 3.46. The Bertz CT molecular complexity index is 410. The molecule has 3 nitrogen and oxygen atoms in total. The molecule has 0 saturated carbocycles. The molecule has 1 rings (SSSR count). The van der Waals surface area contributed by atoms with Gasteiger partial charge in [0.1, 0.15) is 5.75 Å². The molecule has 20 heavy (non-hydrogen) atoms. The number of nitrogens with one attached hydrogen (secondary N) is 1. The van der Waals surface area contributed by atoms with E-state index >= 15 is 0 Å². The Hall–Kier alpha value is -1.51. The Labute approximate surface area is 122 Å². The van der Waals surface area contributed by atoms with Crippen LogP contribution < -0.4 is 10.1 Å². The summed E-state index contributed by atoms with van der Waals surface area (Å²) >= 11 is 0. The largest absolute Gasteiger partial charge is 0.497 e. The standard InChI is InChI=1S/C17H27NO2/c1-5-11-17(2,3)13-16(19)18-12-10-14-6-8-15(20-4)9-7-14/h6-9H,5,10-13H2,1-4H3,(H,18,19). The first-order valence-corrected chi connectivity index (χ1v) is 7.36. The Morgan fingerprint density at radius 1 is 1.25 bits per heavy atom. The summed E-state index contributed by atoms with van der Waals surface area (Å²) in [5.41, 5.74) is 1.30. The average molecular weight is 277 g/mol. The molecule has 0 atom stereocenters. The summed E-state index contributed by atoms with van der Waals surface area (Å²) in [5, 5.41) is 3.00. The van der Waals surface area contributed by atoms with Crippen molar-refractivity contribution in [2.75, 3.05) is 13.7 Å². The highest BCUT2D eigenvalue weighted by molar-refractivity contribution is 5.76. The van der Waals surface area contributed by atoms with Gasteiger partial charge in [-0.05, 0) is 36.0 Å². The van der Waals surface area contributed by atoms with Crippen molar-refractivity contribution >= 4 is 5.91 Å². The quantitative estimate of drug-likeness (QED) is 0.789. The Morgan fingerprint density at radius 2 is 1.90 bits per heavy atom. The zero-order valence-electron chi connectivity index (χ0n) is 13.2. The maximum absolute atomic E-state index is 11.9. The van der Waals surface area contributed by atoms with Crippen LogP contribution in [-0.2, 0) is 11.2 Å². The van der Waals surface area contributed by atoms with E-state index in [2.05, 4.69) is 26.1 Å². The number of methoxy groups -OCH3 is 1. The number of ether oxygens (including phenoxy) is 1. The molecule has 0 saturated heterocycles. The van der Waals surface area contributed by atoms with E-state index in [0.717, 1.165) is 25.0 Å². The van der Waals surface area contributed by atoms with Gasteiger partial charge in [-0.25, -0.2) is 0 Å². The minimum atomic E-state index is 0.0962. The topological polar surface area (TPSA) is 38.3 Å². The van der Waals surface area contributed by atoms with E-state index in [1.807, 2.05) is 24.3 Å². The smallest absolute Gasteiger partial charge is 0.220 e. The summed E-state index contributed by atoms with van der Waals surface area (Å²) in [5.74, 6) is 1.01. The molecule has 0 aromatic heterocycles. The van der Waals surface area contributed by atoms with Gasteiger partial charge in [-0.2, -0.15) is 0 Å². The number of hydrogen-bond acceptors (Lipinski definition) is 2. The van der Waals surface area contributed by atoms with Crippen LogP contribution in [-0.4, -0.2) is 19.6 Å². The molecule has 112 valence electrons. The molecule has 1 amide bonds. The molecule has 0 bridgehead atoms. The van der Waals surface area contributed by atoms with Crippen molar-refractivity contribution in [3.63, 3.8) is 0 Å². The van der Waals surface area contributed by atoms with E-state index < -0.39 is 0 Å². The van der Waals surface area contributed by atoms with Crippen molar-refractivity contribution in [3.05, 3.63) is 29.8 Å². The normalized spacial score (nSPS) is 11.2. The van der Waals surface area contributed by atoms with Gasteiger partial charge in [0.2, 0.25) is 5.91 Å². The van der Waals surface area contributed by atoms with Crippen LogP contribution in [0.3, 0.4) is 0 Å². The van der Waals surface area contributed by atoms with Crippen LogP contribution in [0, 0.1) is 5.41 Å². The summed E-state index contributed by atoms with van der Waals surface area (Å²) in [4.78, 5) is 11.9. The molecular weight excluding hydrogens is 250 g/mol. The van der Waals surface area contributed by atoms with Gasteiger partial charge in [0.05, 0.1) is 7.11 Å². The van der Waals surface area contributed by atoms with E-state index in [9.17, 15) is 4.79 Å². The van der Waals surface area contributed by atoms with E-state index in [1.54, 1.807) is 7.11 Å². The highest BCUT2D eigenvalue weighted by Gasteiger charge is 2.20. The monoisotopic (exact) mass is 277 g/mol. The predicted molar refractivity (Wildman–Crippen MR) is 83.0 cm³/mol. The van der Waals surface area contributed by atoms with Crippen molar-refractivity contribution in [3.8, 4) is 5.75 Å². The molecular formula is C17H27NO2. The number of carbonyl (C=O) groups is 1. The minimum Gasteiger partial charge on any atom is -0.497 e. The molecule has 0 radical (unpaired) electrons. The van der Waals surface area contributed by atoms with Crippen LogP contribution in [0.25, 0.3) is 0 Å². The second kappa shape index (κ2) is 7.93. The lowest BCUT2D eigenvalue weighted by Crippen LogP contribution is -2.30. The van der Waals surface area contributed by atoms with Gasteiger partial charge in [-0.3, -0.25) is 4.79 Å². The van der Waals surface area contributed by atoms with Crippen LogP contribution in [0.5, 0.6) is 5.75 Å². The third kappa shape index (κ3) is 6.09. The lowest BCUT2D eigenvalue weighted by atomic mass is 9.84. The maximum Gasteiger partial charge on any atom is 0.220 e. The fraction of sp³-hybridized carbons (Fsp3) is 0.588. The second-order valence-electron chi connectivity index (χ2n) is 6.04. The first kappa shape index (κ1) is 16.5. The summed E-state index contributed by atoms with van der Waals surface area (Å²) in [7, 11) is 1.66. The van der Waals surface area contributed by atoms with Crippen LogP contribution >= 0.6 is 0 Å². The van der Waals surface area contributed by atoms with Gasteiger partial charge in [0.15, 0.2) is 0 Å². The predicted octanol–water partition coefficient (Wildman–Crippen LogP) is 3.57. The molecule has 0 unspecified atom stereocenters. The number of carbonyl (C=O) groups excluding carboxylic acids is 1. The molecule has 0 spiro atoms. The Morgan fingerprint density at radius 3 is 2.45 bits per heavy atom. The van der Waals surface area contributed by atoms with Gasteiger partial charge < -0.3 is 10.1 Å². The summed E-state index contributed by atoms with van der Waals surface area (Å²) in [6, 6.07) is 7.96. The van der Waals surface area contributed by atoms with Gasteiger partial charge in [0, 0.05) is 13.0 Å². The molecule has 1 aromatic rings. The van der Waals surface area contributed by atoms with Crippen molar-refractivity contribution in [2.45, 2.75) is 46.5 Å². The van der Waals surface area contributed by atoms with E-state index in [4.69, 9.17) is 4.74 Å². The number of amides is 1. The minimum absolute atomic E-state index is 0.0962. The van der Waals surface area contributed by atoms with Gasteiger partial charge in [-0.1, -0.05) is 39.3 Å². The highest BCUT2D eigenvalue weighted by Crippen LogP contribution is 2.26. The van der Waals surface area contributed by atoms with Crippen LogP contribution in [0.1, 0.15) is 45.6 Å². The van der Waals surface area contributed by atoms with Crippen molar-refractivity contribution in [1.82, 2.24) is 5.32 Å². The molecule has 3 heteroatoms. The number of hydrogen-bond donors (Lipinski definition) is 1. The SMILES string of the molecule is CCCC(C)(C)CC(=O)NCCc1ccc(OC)cc1. The second-order valence-corrected chi connectivity index (χ2v) is 6.04. The third-order valence-electron chi connectivity index (χ3n) is 3.46. The molecule has 1 N–H and O–H groups in total. The van der Waals surface area contributed by atoms with Gasteiger partial charge in [-0.15, -0.1) is 0 Å². The molecule has 0 heterocycles. The molecule has 0 aliphatic heterocycles. The molecule has 0 fully saturated rings. The zero-order valence-corrected chi connectivity index (χ0v) is 13.2. The Kier molecular flexibility index (Phi) is 6.56. The summed E-state index contributed by atoms with van der Waals surface area (Å²) < 4.78 is 5.12. The van der Waals surface area contributed by atoms with Gasteiger partial charge >= 0.3 is 0 Å². The lowest BCUT2D eigenvalue weighted by Gasteiger charge is -2.23. The molecule has 0 aliphatic rings. The van der Waals surface area contributed by atoms with E-state index in [0.29, 0.717) is 13.0 Å². The lowest BCUT2D eigenvalue weighted by molar-refractivity contribution is -0.123. The van der Waals surface area contributed by atoms with Crippen molar-refractivity contribution in [1.29, 1.82) is 0 Å². The van der Waals surface area contributed by atoms with Gasteiger partial charge in [0.25, 0.3) is 0 Å². The molecule has 0 aliphatic carbocycles. The summed E-state index contributed by atoms with van der Waals surface area (Å²) in [6.45, 7) is 7.15. The molecule has 1 aromatic carbocycles. The first-order chi connectivity index (χ1) is 9.46. The van der Waals surface area contributed by atoms with Crippen molar-refractivity contribution in [2.24, 2.45) is 5.41 Å². The van der Waals surface area contributed by atoms with Crippen LogP contribution in [0.15, 0.2) is 24.3 Å². The Balaban J connectivity index is 2.31. The number of rotatable bonds is 8. The van der Waals surface area contributed by atoms with Crippen LogP contribution in [0.2, 0.25) is 0 Å². The van der Waals surface area contributed by atoms with E-state index in [-0.39, 0.29) is 11.3 Å². The van der Waals surface area contributed by atoms with Crippen molar-refractivity contribution < 1.29 is 9.53 Å². The fourth-order valence-electron chi connectivity index (χ4n) is 2.40. The average Bonchev–Trinajstić information content (AvgIpc) is 2.38. The van der Waals surface area contributed by atoms with E-state index in [1.165, 1.54) is 5.56 Å². The zero-order chi connectivity index (χ0) is 15.0.